The van der Waals surface area contributed by atoms with Crippen LogP contribution >= 0.6 is 0 Å². The van der Waals surface area contributed by atoms with Crippen LogP contribution in [0.15, 0.2) is 0 Å². The van der Waals surface area contributed by atoms with E-state index in [4.69, 9.17) is 0 Å². The first-order chi connectivity index (χ1) is 3.39. The molecule has 1 rings (SSSR count). The Labute approximate surface area is 66.3 Å². The van der Waals surface area contributed by atoms with E-state index in [1.54, 1.807) is 0 Å². The van der Waals surface area contributed by atoms with Gasteiger partial charge in [0.2, 0.25) is 0 Å². The van der Waals surface area contributed by atoms with Crippen LogP contribution in [0, 0.1) is 12.3 Å². The van der Waals surface area contributed by atoms with Crippen LogP contribution in [0.25, 0.3) is 0 Å². The minimum Gasteiger partial charge on any atom is -0.328 e. The molecule has 0 spiro atoms. The quantitative estimate of drug-likeness (QED) is 0.598. The molecular weight excluding hydrogens is 268 g/mol. The first-order valence-electron chi connectivity index (χ1n) is 3.21. The van der Waals surface area contributed by atoms with Gasteiger partial charge in [-0.15, -0.1) is 0 Å². The molecule has 1 atom stereocenters. The zero-order chi connectivity index (χ0) is 5.11. The standard InChI is InChI=1S/C7H13.W/c1-7-5-3-2-4-6-7;/h3,7H,2,4-6H2,1H3;/q-1;. The van der Waals surface area contributed by atoms with E-state index in [1.165, 1.54) is 25.7 Å². The first kappa shape index (κ1) is 8.69. The molecule has 8 heavy (non-hydrogen) atoms. The van der Waals surface area contributed by atoms with E-state index >= 15 is 0 Å². The van der Waals surface area contributed by atoms with Crippen molar-refractivity contribution in [3.05, 3.63) is 6.42 Å². The Kier molecular flexibility index (Phi) is 4.95. The summed E-state index contributed by atoms with van der Waals surface area (Å²) in [6, 6.07) is 0. The molecular formula is C7H13W-. The molecule has 1 heteroatoms. The molecule has 1 saturated carbocycles. The number of hydrogen-bond acceptors (Lipinski definition) is 0. The maximum Gasteiger partial charge on any atom is 0 e. The molecule has 0 N–H and O–H groups in total. The number of rotatable bonds is 0. The van der Waals surface area contributed by atoms with Gasteiger partial charge in [-0.2, -0.15) is 12.8 Å². The summed E-state index contributed by atoms with van der Waals surface area (Å²) in [4.78, 5) is 0. The van der Waals surface area contributed by atoms with Crippen LogP contribution in [0.5, 0.6) is 0 Å². The summed E-state index contributed by atoms with van der Waals surface area (Å²) in [7, 11) is 0. The maximum atomic E-state index is 2.41. The Hall–Kier alpha value is 0.688. The zero-order valence-electron chi connectivity index (χ0n) is 5.39. The summed E-state index contributed by atoms with van der Waals surface area (Å²) in [5.74, 6) is 0.980. The van der Waals surface area contributed by atoms with Crippen molar-refractivity contribution in [3.8, 4) is 0 Å². The fourth-order valence-electron chi connectivity index (χ4n) is 1.13. The molecule has 0 aliphatic heterocycles. The normalized spacial score (nSPS) is 28.9. The smallest absolute Gasteiger partial charge is 0 e. The third-order valence-corrected chi connectivity index (χ3v) is 1.67. The van der Waals surface area contributed by atoms with Crippen LogP contribution in [0.2, 0.25) is 0 Å². The van der Waals surface area contributed by atoms with Crippen LogP contribution in [-0.4, -0.2) is 0 Å². The van der Waals surface area contributed by atoms with Crippen LogP contribution in [-0.2, 0) is 21.1 Å². The monoisotopic (exact) mass is 281 g/mol. The molecule has 1 aliphatic carbocycles. The van der Waals surface area contributed by atoms with Crippen molar-refractivity contribution < 1.29 is 21.1 Å². The van der Waals surface area contributed by atoms with Gasteiger partial charge in [0, 0.05) is 21.1 Å². The van der Waals surface area contributed by atoms with Crippen molar-refractivity contribution in [2.45, 2.75) is 32.6 Å². The van der Waals surface area contributed by atoms with Gasteiger partial charge in [0.25, 0.3) is 0 Å². The van der Waals surface area contributed by atoms with Crippen molar-refractivity contribution in [3.63, 3.8) is 0 Å². The predicted octanol–water partition coefficient (Wildman–Crippen LogP) is 2.40. The SMILES string of the molecule is CC1C[CH-]CCC1.[W]. The molecule has 0 saturated heterocycles. The molecule has 0 aromatic heterocycles. The molecule has 1 unspecified atom stereocenters. The fourth-order valence-corrected chi connectivity index (χ4v) is 1.13. The summed E-state index contributed by atoms with van der Waals surface area (Å²) in [5, 5.41) is 0. The molecule has 0 amide bonds. The van der Waals surface area contributed by atoms with E-state index < -0.39 is 0 Å². The second kappa shape index (κ2) is 4.56. The Balaban J connectivity index is 0.000000490. The molecule has 1 aliphatic rings. The van der Waals surface area contributed by atoms with E-state index in [9.17, 15) is 0 Å². The zero-order valence-corrected chi connectivity index (χ0v) is 8.32. The summed E-state index contributed by atoms with van der Waals surface area (Å²) < 4.78 is 0. The topological polar surface area (TPSA) is 0 Å². The second-order valence-electron chi connectivity index (χ2n) is 2.56. The van der Waals surface area contributed by atoms with Crippen molar-refractivity contribution in [2.24, 2.45) is 5.92 Å². The third kappa shape index (κ3) is 2.87. The minimum absolute atomic E-state index is 0. The number of hydrogen-bond donors (Lipinski definition) is 0. The first-order valence-corrected chi connectivity index (χ1v) is 3.21. The van der Waals surface area contributed by atoms with E-state index in [2.05, 4.69) is 13.3 Å². The van der Waals surface area contributed by atoms with Crippen LogP contribution in [0.1, 0.15) is 32.6 Å². The van der Waals surface area contributed by atoms with Gasteiger partial charge in [0.05, 0.1) is 0 Å². The Bertz CT molecular complexity index is 46.3. The van der Waals surface area contributed by atoms with E-state index in [1.807, 2.05) is 0 Å². The van der Waals surface area contributed by atoms with E-state index in [0.29, 0.717) is 0 Å². The molecule has 0 aromatic rings. The summed E-state index contributed by atoms with van der Waals surface area (Å²) >= 11 is 0. The van der Waals surface area contributed by atoms with Crippen LogP contribution in [0.4, 0.5) is 0 Å². The molecule has 0 radical (unpaired) electrons. The predicted molar refractivity (Wildman–Crippen MR) is 31.9 cm³/mol. The van der Waals surface area contributed by atoms with Gasteiger partial charge < -0.3 is 6.42 Å². The van der Waals surface area contributed by atoms with E-state index in [-0.39, 0.29) is 21.1 Å². The van der Waals surface area contributed by atoms with Gasteiger partial charge in [0.1, 0.15) is 0 Å². The second-order valence-corrected chi connectivity index (χ2v) is 2.56. The van der Waals surface area contributed by atoms with Gasteiger partial charge in [-0.05, 0) is 0 Å². The third-order valence-electron chi connectivity index (χ3n) is 1.67. The molecule has 0 aromatic carbocycles. The molecule has 1 fully saturated rings. The Morgan fingerprint density at radius 3 is 2.50 bits per heavy atom. The average Bonchev–Trinajstić information content (AvgIpc) is 1.69. The van der Waals surface area contributed by atoms with Gasteiger partial charge in [-0.25, -0.2) is 0 Å². The average molecular weight is 281 g/mol. The summed E-state index contributed by atoms with van der Waals surface area (Å²) in [6.07, 6.45) is 8.02. The molecule has 0 bridgehead atoms. The van der Waals surface area contributed by atoms with E-state index in [0.717, 1.165) is 5.92 Å². The Morgan fingerprint density at radius 1 is 1.50 bits per heavy atom. The van der Waals surface area contributed by atoms with Crippen molar-refractivity contribution in [1.29, 1.82) is 0 Å². The van der Waals surface area contributed by atoms with Gasteiger partial charge in [-0.3, -0.25) is 0 Å². The van der Waals surface area contributed by atoms with Crippen molar-refractivity contribution in [2.75, 3.05) is 0 Å². The van der Waals surface area contributed by atoms with Crippen molar-refractivity contribution in [1.82, 2.24) is 0 Å². The molecule has 0 nitrogen and oxygen atoms in total. The largest absolute Gasteiger partial charge is 0.328 e. The minimum atomic E-state index is 0. The van der Waals surface area contributed by atoms with Gasteiger partial charge in [-0.1, -0.05) is 25.7 Å². The Morgan fingerprint density at radius 2 is 2.25 bits per heavy atom. The fraction of sp³-hybridized carbons (Fsp3) is 0.857. The van der Waals surface area contributed by atoms with Crippen LogP contribution in [0.3, 0.4) is 0 Å². The maximum absolute atomic E-state index is 2.41. The summed E-state index contributed by atoms with van der Waals surface area (Å²) in [6.45, 7) is 2.33. The molecule has 0 heterocycles. The van der Waals surface area contributed by atoms with Crippen LogP contribution < -0.4 is 0 Å². The summed E-state index contributed by atoms with van der Waals surface area (Å²) in [5.41, 5.74) is 0. The van der Waals surface area contributed by atoms with Gasteiger partial charge in [0.15, 0.2) is 0 Å². The van der Waals surface area contributed by atoms with Gasteiger partial charge >= 0.3 is 0 Å². The molecule has 48 valence electrons. The van der Waals surface area contributed by atoms with Crippen molar-refractivity contribution >= 4 is 0 Å².